The zero-order chi connectivity index (χ0) is 23.5. The second-order valence-corrected chi connectivity index (χ2v) is 7.53. The second-order valence-electron chi connectivity index (χ2n) is 7.53. The number of aromatic nitrogens is 1. The highest BCUT2D eigenvalue weighted by Gasteiger charge is 2.26. The van der Waals surface area contributed by atoms with Gasteiger partial charge in [-0.25, -0.2) is 4.79 Å². The fourth-order valence-electron chi connectivity index (χ4n) is 3.53. The van der Waals surface area contributed by atoms with E-state index in [1.165, 1.54) is 31.2 Å². The third-order valence-electron chi connectivity index (χ3n) is 5.23. The number of carboxylic acids is 1. The summed E-state index contributed by atoms with van der Waals surface area (Å²) in [5.74, 6) is -0.968. The molecule has 0 atom stereocenters. The molecule has 0 spiro atoms. The van der Waals surface area contributed by atoms with Crippen LogP contribution in [0.4, 0.5) is 13.2 Å². The Morgan fingerprint density at radius 3 is 2.47 bits per heavy atom. The molecule has 2 N–H and O–H groups in total. The maximum Gasteiger partial charge on any atom is 0.389 e. The third-order valence-corrected chi connectivity index (χ3v) is 5.23. The zero-order valence-corrected chi connectivity index (χ0v) is 17.6. The normalized spacial score (nSPS) is 11.5. The predicted molar refractivity (Wildman–Crippen MR) is 113 cm³/mol. The van der Waals surface area contributed by atoms with Crippen LogP contribution < -0.4 is 4.74 Å². The summed E-state index contributed by atoms with van der Waals surface area (Å²) in [6.45, 7) is 0.00347. The van der Waals surface area contributed by atoms with Gasteiger partial charge in [-0.15, -0.1) is 0 Å². The number of benzene rings is 2. The molecule has 6 nitrogen and oxygen atoms in total. The second kappa shape index (κ2) is 9.33. The smallest absolute Gasteiger partial charge is 0.389 e. The molecule has 0 aliphatic rings. The van der Waals surface area contributed by atoms with Crippen LogP contribution in [0.5, 0.6) is 5.75 Å². The number of carbonyl (C=O) groups is 2. The van der Waals surface area contributed by atoms with Gasteiger partial charge in [0.05, 0.1) is 12.7 Å². The third kappa shape index (κ3) is 5.40. The number of rotatable bonds is 8. The Morgan fingerprint density at radius 1 is 1.09 bits per heavy atom. The van der Waals surface area contributed by atoms with E-state index in [1.807, 2.05) is 0 Å². The first-order valence-electron chi connectivity index (χ1n) is 9.91. The number of ether oxygens (including phenoxy) is 1. The van der Waals surface area contributed by atoms with Gasteiger partial charge < -0.3 is 19.7 Å². The SMILES string of the molecule is COc1cc(C(=O)O)ccc1Cc1c[nH]c2ccc(C(=O)N(C)CCCC(F)(F)F)cc12. The van der Waals surface area contributed by atoms with Crippen LogP contribution in [0.3, 0.4) is 0 Å². The van der Waals surface area contributed by atoms with Crippen molar-refractivity contribution < 1.29 is 32.6 Å². The molecule has 0 fully saturated rings. The number of carboxylic acid groups (broad SMARTS) is 1. The molecule has 0 bridgehead atoms. The van der Waals surface area contributed by atoms with E-state index in [-0.39, 0.29) is 24.4 Å². The van der Waals surface area contributed by atoms with Crippen LogP contribution in [0.15, 0.2) is 42.6 Å². The Labute approximate surface area is 182 Å². The molecule has 1 amide bonds. The Kier molecular flexibility index (Phi) is 6.76. The first-order valence-corrected chi connectivity index (χ1v) is 9.91. The van der Waals surface area contributed by atoms with Crippen molar-refractivity contribution in [1.29, 1.82) is 0 Å². The van der Waals surface area contributed by atoms with Gasteiger partial charge >= 0.3 is 12.1 Å². The number of nitrogens with zero attached hydrogens (tertiary/aromatic N) is 1. The molecule has 0 radical (unpaired) electrons. The van der Waals surface area contributed by atoms with E-state index >= 15 is 0 Å². The molecule has 3 rings (SSSR count). The number of carbonyl (C=O) groups excluding carboxylic acids is 1. The number of methoxy groups -OCH3 is 1. The van der Waals surface area contributed by atoms with Crippen LogP contribution in [-0.2, 0) is 6.42 Å². The van der Waals surface area contributed by atoms with Crippen molar-refractivity contribution in [1.82, 2.24) is 9.88 Å². The fraction of sp³-hybridized carbons (Fsp3) is 0.304. The molecule has 0 aliphatic heterocycles. The highest BCUT2D eigenvalue weighted by molar-refractivity contribution is 5.98. The minimum absolute atomic E-state index is 0.00347. The van der Waals surface area contributed by atoms with Gasteiger partial charge in [0, 0.05) is 49.1 Å². The summed E-state index contributed by atoms with van der Waals surface area (Å²) in [5, 5.41) is 9.96. The topological polar surface area (TPSA) is 82.6 Å². The first-order chi connectivity index (χ1) is 15.1. The molecule has 3 aromatic rings. The van der Waals surface area contributed by atoms with E-state index in [0.29, 0.717) is 17.7 Å². The Hall–Kier alpha value is -3.49. The van der Waals surface area contributed by atoms with Crippen molar-refractivity contribution in [2.45, 2.75) is 25.4 Å². The lowest BCUT2D eigenvalue weighted by atomic mass is 10.0. The molecular weight excluding hydrogens is 425 g/mol. The Balaban J connectivity index is 1.82. The van der Waals surface area contributed by atoms with Crippen LogP contribution in [0, 0.1) is 0 Å². The van der Waals surface area contributed by atoms with Crippen LogP contribution in [-0.4, -0.2) is 53.7 Å². The summed E-state index contributed by atoms with van der Waals surface area (Å²) in [6.07, 6.45) is -3.10. The Morgan fingerprint density at radius 2 is 1.81 bits per heavy atom. The van der Waals surface area contributed by atoms with Gasteiger partial charge in [0.1, 0.15) is 5.75 Å². The molecule has 2 aromatic carbocycles. The van der Waals surface area contributed by atoms with Crippen molar-refractivity contribution in [2.24, 2.45) is 0 Å². The Bertz CT molecular complexity index is 1140. The van der Waals surface area contributed by atoms with Crippen molar-refractivity contribution in [2.75, 3.05) is 20.7 Å². The molecule has 32 heavy (non-hydrogen) atoms. The van der Waals surface area contributed by atoms with Crippen molar-refractivity contribution in [3.63, 3.8) is 0 Å². The van der Waals surface area contributed by atoms with Crippen molar-refractivity contribution >= 4 is 22.8 Å². The molecule has 9 heteroatoms. The standard InChI is InChI=1S/C23H23F3N2O4/c1-28(9-3-8-23(24,25)26)21(29)15-6-7-19-18(11-15)17(13-27-19)10-14-4-5-16(22(30)31)12-20(14)32-2/h4-7,11-13,27H,3,8-10H2,1-2H3,(H,30,31). The number of halogens is 3. The largest absolute Gasteiger partial charge is 0.496 e. The number of alkyl halides is 3. The highest BCUT2D eigenvalue weighted by Crippen LogP contribution is 2.28. The molecule has 0 unspecified atom stereocenters. The molecule has 1 heterocycles. The first kappa shape index (κ1) is 23.2. The molecule has 0 saturated heterocycles. The van der Waals surface area contributed by atoms with Gasteiger partial charge in [0.25, 0.3) is 5.91 Å². The summed E-state index contributed by atoms with van der Waals surface area (Å²) in [4.78, 5) is 28.3. The van der Waals surface area contributed by atoms with Gasteiger partial charge in [0.15, 0.2) is 0 Å². The maximum atomic E-state index is 12.7. The zero-order valence-electron chi connectivity index (χ0n) is 17.6. The summed E-state index contributed by atoms with van der Waals surface area (Å²) in [7, 11) is 2.95. The van der Waals surface area contributed by atoms with Gasteiger partial charge in [0.2, 0.25) is 0 Å². The number of aromatic carboxylic acids is 1. The summed E-state index contributed by atoms with van der Waals surface area (Å²) in [6, 6.07) is 9.73. The van der Waals surface area contributed by atoms with E-state index < -0.39 is 18.6 Å². The lowest BCUT2D eigenvalue weighted by Gasteiger charge is -2.18. The number of aromatic amines is 1. The van der Waals surface area contributed by atoms with E-state index in [2.05, 4.69) is 4.98 Å². The highest BCUT2D eigenvalue weighted by atomic mass is 19.4. The van der Waals surface area contributed by atoms with Gasteiger partial charge in [-0.05, 0) is 47.9 Å². The molecule has 0 saturated carbocycles. The lowest BCUT2D eigenvalue weighted by Crippen LogP contribution is -2.28. The van der Waals surface area contributed by atoms with Crippen LogP contribution in [0.25, 0.3) is 10.9 Å². The molecule has 170 valence electrons. The van der Waals surface area contributed by atoms with E-state index in [1.54, 1.807) is 30.5 Å². The van der Waals surface area contributed by atoms with E-state index in [4.69, 9.17) is 9.84 Å². The number of hydrogen-bond donors (Lipinski definition) is 2. The average molecular weight is 448 g/mol. The molecule has 1 aromatic heterocycles. The van der Waals surface area contributed by atoms with Gasteiger partial charge in [-0.3, -0.25) is 4.79 Å². The quantitative estimate of drug-likeness (QED) is 0.515. The fourth-order valence-corrected chi connectivity index (χ4v) is 3.53. The van der Waals surface area contributed by atoms with Crippen molar-refractivity contribution in [3.8, 4) is 5.75 Å². The molecular formula is C23H23F3N2O4. The van der Waals surface area contributed by atoms with Crippen LogP contribution in [0.1, 0.15) is 44.7 Å². The minimum atomic E-state index is -4.24. The van der Waals surface area contributed by atoms with Crippen LogP contribution >= 0.6 is 0 Å². The van der Waals surface area contributed by atoms with E-state index in [9.17, 15) is 22.8 Å². The minimum Gasteiger partial charge on any atom is -0.496 e. The van der Waals surface area contributed by atoms with E-state index in [0.717, 1.165) is 22.0 Å². The number of hydrogen-bond acceptors (Lipinski definition) is 3. The average Bonchev–Trinajstić information content (AvgIpc) is 3.14. The number of nitrogens with one attached hydrogen (secondary N) is 1. The number of fused-ring (bicyclic) bond motifs is 1. The van der Waals surface area contributed by atoms with Gasteiger partial charge in [-0.2, -0.15) is 13.2 Å². The number of amides is 1. The summed E-state index contributed by atoms with van der Waals surface area (Å²) < 4.78 is 42.4. The number of H-pyrrole nitrogens is 1. The van der Waals surface area contributed by atoms with Crippen LogP contribution in [0.2, 0.25) is 0 Å². The lowest BCUT2D eigenvalue weighted by molar-refractivity contribution is -0.135. The summed E-state index contributed by atoms with van der Waals surface area (Å²) >= 11 is 0. The van der Waals surface area contributed by atoms with Gasteiger partial charge in [-0.1, -0.05) is 6.07 Å². The van der Waals surface area contributed by atoms with Crippen molar-refractivity contribution in [3.05, 3.63) is 64.8 Å². The monoisotopic (exact) mass is 448 g/mol. The summed E-state index contributed by atoms with van der Waals surface area (Å²) in [5.41, 5.74) is 2.94. The maximum absolute atomic E-state index is 12.7. The molecule has 0 aliphatic carbocycles. The predicted octanol–water partition coefficient (Wildman–Crippen LogP) is 4.88.